The molecule has 0 amide bonds. The first kappa shape index (κ1) is 26.5. The molecule has 1 aliphatic carbocycles. The maximum atomic E-state index is 13.9. The molecule has 3 rings (SSSR count). The number of rotatable bonds is 10. The van der Waals surface area contributed by atoms with E-state index in [1.165, 1.54) is 27.4 Å². The number of sulfonamides is 1. The van der Waals surface area contributed by atoms with Crippen LogP contribution in [-0.4, -0.2) is 51.9 Å². The van der Waals surface area contributed by atoms with Crippen LogP contribution in [0.3, 0.4) is 0 Å². The predicted molar refractivity (Wildman–Crippen MR) is 134 cm³/mol. The molecule has 0 spiro atoms. The first-order valence-electron chi connectivity index (χ1n) is 11.8. The van der Waals surface area contributed by atoms with Gasteiger partial charge in [0.05, 0.1) is 30.9 Å². The molecule has 0 heterocycles. The Morgan fingerprint density at radius 3 is 2.20 bits per heavy atom. The third-order valence-corrected chi connectivity index (χ3v) is 7.99. The second-order valence-electron chi connectivity index (χ2n) is 8.68. The third kappa shape index (κ3) is 6.54. The second kappa shape index (κ2) is 12.1. The molecule has 1 saturated carbocycles. The molecule has 0 aromatic heterocycles. The lowest BCUT2D eigenvalue weighted by Crippen LogP contribution is -2.45. The van der Waals surface area contributed by atoms with E-state index in [-0.39, 0.29) is 17.4 Å². The van der Waals surface area contributed by atoms with E-state index in [0.717, 1.165) is 42.1 Å². The van der Waals surface area contributed by atoms with Gasteiger partial charge in [0, 0.05) is 6.92 Å². The Morgan fingerprint density at radius 1 is 1.06 bits per heavy atom. The summed E-state index contributed by atoms with van der Waals surface area (Å²) >= 11 is 0. The molecular formula is C26H34N2O6S. The Kier molecular flexibility index (Phi) is 9.14. The number of hydrogen-bond acceptors (Lipinski definition) is 7. The predicted octanol–water partition coefficient (Wildman–Crippen LogP) is 4.55. The van der Waals surface area contributed by atoms with Gasteiger partial charge in [0.2, 0.25) is 0 Å². The lowest BCUT2D eigenvalue weighted by atomic mass is 9.84. The lowest BCUT2D eigenvalue weighted by Gasteiger charge is -2.35. The molecule has 0 saturated heterocycles. The van der Waals surface area contributed by atoms with Crippen molar-refractivity contribution >= 4 is 22.2 Å². The number of hydrazone groups is 1. The highest BCUT2D eigenvalue weighted by Gasteiger charge is 2.37. The van der Waals surface area contributed by atoms with Gasteiger partial charge in [-0.2, -0.15) is 17.9 Å². The van der Waals surface area contributed by atoms with Crippen LogP contribution in [0.1, 0.15) is 50.2 Å². The van der Waals surface area contributed by atoms with Crippen molar-refractivity contribution in [2.45, 2.75) is 56.9 Å². The molecule has 8 nitrogen and oxygen atoms in total. The van der Waals surface area contributed by atoms with E-state index in [1.54, 1.807) is 42.5 Å². The molecule has 1 atom stereocenters. The van der Waals surface area contributed by atoms with Crippen LogP contribution in [0.15, 0.2) is 52.5 Å². The van der Waals surface area contributed by atoms with Gasteiger partial charge in [-0.15, -0.1) is 0 Å². The summed E-state index contributed by atoms with van der Waals surface area (Å²) in [6.07, 6.45) is 6.18. The standard InChI is InChI=1S/C26H34N2O6S/c1-19-13-15-22(16-14-19)35(30,31)28(24(18-34-20(2)29)21-9-6-5-7-10-21)27-17-23-25(32-3)11-8-12-26(23)33-4/h8,11-17,21,24H,5-7,9-10,18H2,1-4H3/b27-17+. The smallest absolute Gasteiger partial charge is 0.302 e. The Labute approximate surface area is 207 Å². The molecule has 0 aliphatic heterocycles. The zero-order valence-corrected chi connectivity index (χ0v) is 21.6. The topological polar surface area (TPSA) is 94.5 Å². The number of esters is 1. The number of benzene rings is 2. The molecule has 2 aromatic carbocycles. The van der Waals surface area contributed by atoms with Gasteiger partial charge in [-0.25, -0.2) is 0 Å². The lowest BCUT2D eigenvalue weighted by molar-refractivity contribution is -0.143. The normalized spacial score (nSPS) is 15.5. The summed E-state index contributed by atoms with van der Waals surface area (Å²) in [5.41, 5.74) is 1.46. The van der Waals surface area contributed by atoms with Gasteiger partial charge in [0.15, 0.2) is 0 Å². The van der Waals surface area contributed by atoms with Crippen LogP contribution in [0.25, 0.3) is 0 Å². The van der Waals surface area contributed by atoms with E-state index >= 15 is 0 Å². The van der Waals surface area contributed by atoms with Crippen LogP contribution in [0.5, 0.6) is 11.5 Å². The van der Waals surface area contributed by atoms with Crippen LogP contribution < -0.4 is 9.47 Å². The minimum absolute atomic E-state index is 0.0000350. The van der Waals surface area contributed by atoms with E-state index in [0.29, 0.717) is 17.1 Å². The summed E-state index contributed by atoms with van der Waals surface area (Å²) in [6.45, 7) is 3.14. The molecule has 1 aliphatic rings. The maximum Gasteiger partial charge on any atom is 0.302 e. The van der Waals surface area contributed by atoms with E-state index in [9.17, 15) is 13.2 Å². The summed E-state index contributed by atoms with van der Waals surface area (Å²) in [5.74, 6) is 0.527. The molecule has 0 radical (unpaired) electrons. The van der Waals surface area contributed by atoms with Gasteiger partial charge in [-0.1, -0.05) is 43.0 Å². The largest absolute Gasteiger partial charge is 0.496 e. The summed E-state index contributed by atoms with van der Waals surface area (Å²) in [7, 11) is -1.01. The van der Waals surface area contributed by atoms with Crippen LogP contribution in [-0.2, 0) is 19.6 Å². The monoisotopic (exact) mass is 502 g/mol. The van der Waals surface area contributed by atoms with Crippen molar-refractivity contribution < 1.29 is 27.4 Å². The number of methoxy groups -OCH3 is 2. The highest BCUT2D eigenvalue weighted by Crippen LogP contribution is 2.33. The number of ether oxygens (including phenoxy) is 3. The van der Waals surface area contributed by atoms with Crippen molar-refractivity contribution in [2.24, 2.45) is 11.0 Å². The first-order chi connectivity index (χ1) is 16.8. The van der Waals surface area contributed by atoms with Crippen LogP contribution in [0.4, 0.5) is 0 Å². The molecule has 2 aromatic rings. The third-order valence-electron chi connectivity index (χ3n) is 6.27. The van der Waals surface area contributed by atoms with Crippen LogP contribution in [0.2, 0.25) is 0 Å². The molecule has 1 fully saturated rings. The van der Waals surface area contributed by atoms with Crippen molar-refractivity contribution in [3.8, 4) is 11.5 Å². The quantitative estimate of drug-likeness (QED) is 0.269. The average Bonchev–Trinajstić information content (AvgIpc) is 2.86. The van der Waals surface area contributed by atoms with Crippen LogP contribution >= 0.6 is 0 Å². The van der Waals surface area contributed by atoms with E-state index in [4.69, 9.17) is 14.2 Å². The first-order valence-corrected chi connectivity index (χ1v) is 13.2. The number of carbonyl (C=O) groups is 1. The van der Waals surface area contributed by atoms with Gasteiger partial charge in [-0.3, -0.25) is 4.79 Å². The average molecular weight is 503 g/mol. The molecule has 0 N–H and O–H groups in total. The molecule has 190 valence electrons. The molecule has 35 heavy (non-hydrogen) atoms. The zero-order valence-electron chi connectivity index (χ0n) is 20.8. The number of nitrogens with zero attached hydrogens (tertiary/aromatic N) is 2. The van der Waals surface area contributed by atoms with Gasteiger partial charge in [0.1, 0.15) is 24.1 Å². The second-order valence-corrected chi connectivity index (χ2v) is 10.5. The van der Waals surface area contributed by atoms with Gasteiger partial charge in [-0.05, 0) is 49.9 Å². The van der Waals surface area contributed by atoms with Crippen molar-refractivity contribution in [1.82, 2.24) is 4.41 Å². The fourth-order valence-electron chi connectivity index (χ4n) is 4.37. The Morgan fingerprint density at radius 2 is 1.66 bits per heavy atom. The zero-order chi connectivity index (χ0) is 25.4. The van der Waals surface area contributed by atoms with Crippen molar-refractivity contribution in [2.75, 3.05) is 20.8 Å². The fraction of sp³-hybridized carbons (Fsp3) is 0.462. The SMILES string of the molecule is COc1cccc(OC)c1/C=N/N(C(COC(C)=O)C1CCCCC1)S(=O)(=O)c1ccc(C)cc1. The fourth-order valence-corrected chi connectivity index (χ4v) is 5.82. The number of hydrogen-bond donors (Lipinski definition) is 0. The Bertz CT molecular complexity index is 1100. The van der Waals surface area contributed by atoms with E-state index in [2.05, 4.69) is 5.10 Å². The molecule has 0 bridgehead atoms. The summed E-state index contributed by atoms with van der Waals surface area (Å²) in [5, 5.41) is 4.50. The summed E-state index contributed by atoms with van der Waals surface area (Å²) in [6, 6.07) is 11.3. The minimum atomic E-state index is -4.06. The Hall–Kier alpha value is -3.07. The van der Waals surface area contributed by atoms with E-state index in [1.807, 2.05) is 6.92 Å². The molecular weight excluding hydrogens is 468 g/mol. The summed E-state index contributed by atoms with van der Waals surface area (Å²) in [4.78, 5) is 11.8. The number of carbonyl (C=O) groups excluding carboxylic acids is 1. The van der Waals surface area contributed by atoms with E-state index < -0.39 is 22.0 Å². The number of aryl methyl sites for hydroxylation is 1. The minimum Gasteiger partial charge on any atom is -0.496 e. The molecule has 1 unspecified atom stereocenters. The van der Waals surface area contributed by atoms with Crippen molar-refractivity contribution in [3.05, 3.63) is 53.6 Å². The highest BCUT2D eigenvalue weighted by molar-refractivity contribution is 7.89. The van der Waals surface area contributed by atoms with Gasteiger partial charge >= 0.3 is 5.97 Å². The maximum absolute atomic E-state index is 13.9. The Balaban J connectivity index is 2.12. The van der Waals surface area contributed by atoms with Crippen molar-refractivity contribution in [1.29, 1.82) is 0 Å². The van der Waals surface area contributed by atoms with Crippen molar-refractivity contribution in [3.63, 3.8) is 0 Å². The highest BCUT2D eigenvalue weighted by atomic mass is 32.2. The van der Waals surface area contributed by atoms with Gasteiger partial charge in [0.25, 0.3) is 10.0 Å². The summed E-state index contributed by atoms with van der Waals surface area (Å²) < 4.78 is 45.2. The van der Waals surface area contributed by atoms with Crippen LogP contribution in [0, 0.1) is 12.8 Å². The van der Waals surface area contributed by atoms with Gasteiger partial charge < -0.3 is 14.2 Å². The molecule has 9 heteroatoms.